The van der Waals surface area contributed by atoms with Crippen molar-refractivity contribution in [1.29, 1.82) is 0 Å². The zero-order valence-electron chi connectivity index (χ0n) is 24.3. The lowest BCUT2D eigenvalue weighted by Gasteiger charge is -2.31. The molecule has 3 aromatic rings. The topological polar surface area (TPSA) is 145 Å². The van der Waals surface area contributed by atoms with Crippen molar-refractivity contribution in [3.05, 3.63) is 112 Å². The number of aliphatic hydroxyl groups excluding tert-OH is 1. The summed E-state index contributed by atoms with van der Waals surface area (Å²) in [5, 5.41) is 33.0. The average Bonchev–Trinajstić information content (AvgIpc) is 3.23. The molecule has 3 aromatic carbocycles. The van der Waals surface area contributed by atoms with Crippen LogP contribution in [0.5, 0.6) is 0 Å². The van der Waals surface area contributed by atoms with Gasteiger partial charge in [0, 0.05) is 61.8 Å². The molecule has 2 aliphatic heterocycles. The van der Waals surface area contributed by atoms with E-state index in [2.05, 4.69) is 0 Å². The fraction of sp³-hybridized carbons (Fsp3) is 0.303. The second kappa shape index (κ2) is 12.8. The Morgan fingerprint density at radius 2 is 1.82 bits per heavy atom. The number of nitro groups is 1. The van der Waals surface area contributed by atoms with Gasteiger partial charge in [-0.15, -0.1) is 0 Å². The van der Waals surface area contributed by atoms with Crippen LogP contribution in [-0.2, 0) is 33.1 Å². The van der Waals surface area contributed by atoms with Gasteiger partial charge in [-0.05, 0) is 29.3 Å². The van der Waals surface area contributed by atoms with E-state index in [1.165, 1.54) is 28.0 Å². The van der Waals surface area contributed by atoms with Gasteiger partial charge in [0.05, 0.1) is 23.8 Å². The summed E-state index contributed by atoms with van der Waals surface area (Å²) >= 11 is 0. The highest BCUT2D eigenvalue weighted by atomic mass is 16.6. The SMILES string of the molecule is C[C@H](/C=C/CC(=O)N(CCO)Cc1ccccc1)[C@@]1(O)C(=O)N(Cc2ccc(N3CCC3=O)cc2)c2ccc([N+](=O)[O-])cc21. The number of hydrogen-bond donors (Lipinski definition) is 2. The van der Waals surface area contributed by atoms with Gasteiger partial charge >= 0.3 is 0 Å². The Kier molecular flexibility index (Phi) is 8.88. The molecule has 2 atom stereocenters. The van der Waals surface area contributed by atoms with Crippen LogP contribution in [0.15, 0.2) is 84.9 Å². The number of anilines is 2. The smallest absolute Gasteiger partial charge is 0.269 e. The molecule has 11 heteroatoms. The van der Waals surface area contributed by atoms with E-state index >= 15 is 0 Å². The molecule has 5 rings (SSSR count). The number of non-ortho nitro benzene ring substituents is 1. The molecule has 0 spiro atoms. The van der Waals surface area contributed by atoms with Gasteiger partial charge < -0.3 is 24.9 Å². The summed E-state index contributed by atoms with van der Waals surface area (Å²) < 4.78 is 0. The summed E-state index contributed by atoms with van der Waals surface area (Å²) in [6, 6.07) is 20.6. The zero-order chi connectivity index (χ0) is 31.4. The molecule has 1 saturated heterocycles. The maximum atomic E-state index is 13.9. The van der Waals surface area contributed by atoms with Crippen LogP contribution in [0.1, 0.15) is 36.5 Å². The predicted molar refractivity (Wildman–Crippen MR) is 163 cm³/mol. The van der Waals surface area contributed by atoms with Gasteiger partial charge in [0.25, 0.3) is 11.6 Å². The van der Waals surface area contributed by atoms with Gasteiger partial charge in [0.1, 0.15) is 0 Å². The molecule has 0 bridgehead atoms. The van der Waals surface area contributed by atoms with Crippen molar-refractivity contribution < 1.29 is 29.5 Å². The van der Waals surface area contributed by atoms with Crippen molar-refractivity contribution in [3.8, 4) is 0 Å². The van der Waals surface area contributed by atoms with Gasteiger partial charge in [-0.25, -0.2) is 0 Å². The number of carbonyl (C=O) groups excluding carboxylic acids is 3. The molecular weight excluding hydrogens is 564 g/mol. The summed E-state index contributed by atoms with van der Waals surface area (Å²) in [5.41, 5.74) is 0.540. The standard InChI is InChI=1S/C33H34N4O7/c1-23(6-5-9-30(39)34(18-19-38)21-24-7-3-2-4-8-24)33(42)28-20-27(37(43)44)14-15-29(28)36(32(33)41)22-25-10-12-26(13-11-25)35-17-16-31(35)40/h2-8,10-15,20,23,38,42H,9,16-19,21-22H2,1H3/b6-5+/t23-,33+/m1/s1. The molecule has 0 unspecified atom stereocenters. The molecule has 2 aliphatic rings. The highest BCUT2D eigenvalue weighted by Crippen LogP contribution is 2.47. The average molecular weight is 599 g/mol. The molecule has 44 heavy (non-hydrogen) atoms. The molecule has 2 N–H and O–H groups in total. The van der Waals surface area contributed by atoms with Crippen LogP contribution in [-0.4, -0.2) is 57.5 Å². The lowest BCUT2D eigenvalue weighted by Crippen LogP contribution is -2.44. The minimum absolute atomic E-state index is 0.0289. The largest absolute Gasteiger partial charge is 0.395 e. The van der Waals surface area contributed by atoms with Crippen LogP contribution in [0, 0.1) is 16.0 Å². The van der Waals surface area contributed by atoms with Crippen LogP contribution in [0.25, 0.3) is 0 Å². The van der Waals surface area contributed by atoms with Gasteiger partial charge in [-0.1, -0.05) is 61.5 Å². The van der Waals surface area contributed by atoms with E-state index in [1.54, 1.807) is 48.2 Å². The lowest BCUT2D eigenvalue weighted by atomic mass is 9.82. The van der Waals surface area contributed by atoms with Crippen molar-refractivity contribution in [2.24, 2.45) is 5.92 Å². The first-order chi connectivity index (χ1) is 21.1. The third-order valence-corrected chi connectivity index (χ3v) is 8.22. The van der Waals surface area contributed by atoms with E-state index in [0.29, 0.717) is 25.2 Å². The Morgan fingerprint density at radius 3 is 2.43 bits per heavy atom. The molecule has 3 amide bonds. The minimum atomic E-state index is -2.11. The molecule has 2 heterocycles. The molecular formula is C33H34N4O7. The molecule has 0 aliphatic carbocycles. The highest BCUT2D eigenvalue weighted by molar-refractivity contribution is 6.07. The summed E-state index contributed by atoms with van der Waals surface area (Å²) in [4.78, 5) is 54.3. The number of rotatable bonds is 12. The molecule has 0 saturated carbocycles. The number of nitrogens with zero attached hydrogens (tertiary/aromatic N) is 4. The summed E-state index contributed by atoms with van der Waals surface area (Å²) in [5.74, 6) is -1.66. The Bertz CT molecular complexity index is 1590. The molecule has 1 fully saturated rings. The number of β-lactam (4-membered cyclic amide) rings is 1. The third-order valence-electron chi connectivity index (χ3n) is 8.22. The van der Waals surface area contributed by atoms with Crippen molar-refractivity contribution in [3.63, 3.8) is 0 Å². The Hall–Kier alpha value is -4.87. The number of hydrogen-bond acceptors (Lipinski definition) is 7. The van der Waals surface area contributed by atoms with E-state index < -0.39 is 22.3 Å². The van der Waals surface area contributed by atoms with Crippen LogP contribution >= 0.6 is 0 Å². The van der Waals surface area contributed by atoms with Gasteiger partial charge in [-0.2, -0.15) is 0 Å². The molecule has 0 aromatic heterocycles. The predicted octanol–water partition coefficient (Wildman–Crippen LogP) is 3.67. The van der Waals surface area contributed by atoms with E-state index in [0.717, 1.165) is 16.8 Å². The van der Waals surface area contributed by atoms with Crippen LogP contribution in [0.4, 0.5) is 17.1 Å². The van der Waals surface area contributed by atoms with Crippen molar-refractivity contribution >= 4 is 34.8 Å². The van der Waals surface area contributed by atoms with E-state index in [4.69, 9.17) is 0 Å². The van der Waals surface area contributed by atoms with E-state index in [9.17, 15) is 34.7 Å². The summed E-state index contributed by atoms with van der Waals surface area (Å²) in [7, 11) is 0. The Morgan fingerprint density at radius 1 is 1.09 bits per heavy atom. The van der Waals surface area contributed by atoms with Crippen LogP contribution in [0.3, 0.4) is 0 Å². The lowest BCUT2D eigenvalue weighted by molar-refractivity contribution is -0.385. The Labute approximate surface area is 254 Å². The summed E-state index contributed by atoms with van der Waals surface area (Å²) in [6.07, 6.45) is 3.63. The summed E-state index contributed by atoms with van der Waals surface area (Å²) in [6.45, 7) is 2.67. The first kappa shape index (κ1) is 30.6. The number of carbonyl (C=O) groups is 3. The zero-order valence-corrected chi connectivity index (χ0v) is 24.3. The number of fused-ring (bicyclic) bond motifs is 1. The third kappa shape index (κ3) is 5.97. The molecule has 228 valence electrons. The highest BCUT2D eigenvalue weighted by Gasteiger charge is 2.53. The number of nitro benzene ring substituents is 1. The van der Waals surface area contributed by atoms with Crippen LogP contribution in [0.2, 0.25) is 0 Å². The fourth-order valence-electron chi connectivity index (χ4n) is 5.62. The van der Waals surface area contributed by atoms with Gasteiger partial charge in [-0.3, -0.25) is 24.5 Å². The quantitative estimate of drug-likeness (QED) is 0.140. The first-order valence-corrected chi connectivity index (χ1v) is 14.4. The van der Waals surface area contributed by atoms with Crippen molar-refractivity contribution in [1.82, 2.24) is 4.90 Å². The molecule has 11 nitrogen and oxygen atoms in total. The minimum Gasteiger partial charge on any atom is -0.395 e. The van der Waals surface area contributed by atoms with Gasteiger partial charge in [0.15, 0.2) is 5.60 Å². The second-order valence-corrected chi connectivity index (χ2v) is 11.0. The second-order valence-electron chi connectivity index (χ2n) is 11.0. The van der Waals surface area contributed by atoms with Gasteiger partial charge in [0.2, 0.25) is 11.8 Å². The maximum Gasteiger partial charge on any atom is 0.269 e. The van der Waals surface area contributed by atoms with Crippen molar-refractivity contribution in [2.75, 3.05) is 29.5 Å². The number of benzene rings is 3. The number of aliphatic hydroxyl groups is 2. The monoisotopic (exact) mass is 598 g/mol. The normalized spacial score (nSPS) is 18.3. The fourth-order valence-corrected chi connectivity index (χ4v) is 5.62. The van der Waals surface area contributed by atoms with Crippen molar-refractivity contribution in [2.45, 2.75) is 38.5 Å². The molecule has 0 radical (unpaired) electrons. The maximum absolute atomic E-state index is 13.9. The van der Waals surface area contributed by atoms with Crippen LogP contribution < -0.4 is 9.80 Å². The van der Waals surface area contributed by atoms with E-state index in [-0.39, 0.29) is 49.2 Å². The Balaban J connectivity index is 1.35. The number of amides is 3. The van der Waals surface area contributed by atoms with E-state index in [1.807, 2.05) is 30.3 Å². The first-order valence-electron chi connectivity index (χ1n) is 14.4.